The molecule has 0 bridgehead atoms. The molecule has 0 spiro atoms. The first kappa shape index (κ1) is 13.2. The highest BCUT2D eigenvalue weighted by Crippen LogP contribution is 2.09. The van der Waals surface area contributed by atoms with Crippen molar-refractivity contribution >= 4 is 22.6 Å². The van der Waals surface area contributed by atoms with Crippen LogP contribution in [0.3, 0.4) is 0 Å². The summed E-state index contributed by atoms with van der Waals surface area (Å²) in [6.07, 6.45) is 5.94. The Morgan fingerprint density at radius 2 is 2.06 bits per heavy atom. The zero-order valence-electron chi connectivity index (χ0n) is 10.1. The van der Waals surface area contributed by atoms with E-state index in [4.69, 9.17) is 0 Å². The van der Waals surface area contributed by atoms with Gasteiger partial charge in [0.25, 0.3) is 5.56 Å². The molecule has 2 aromatic rings. The fourth-order valence-corrected chi connectivity index (χ4v) is 2.26. The monoisotopic (exact) mass is 355 g/mol. The summed E-state index contributed by atoms with van der Waals surface area (Å²) < 4.78 is 0.702. The average molecular weight is 355 g/mol. The first-order chi connectivity index (χ1) is 8.70. The van der Waals surface area contributed by atoms with Crippen LogP contribution in [-0.4, -0.2) is 15.0 Å². The standard InChI is InChI=1S/C13H14IN3O/c1-2-3-10-12(14)13(18)17-11(16-10)8-9-4-6-15-7-5-9/h4-7H,2-3,8H2,1H3,(H,16,17,18). The largest absolute Gasteiger partial charge is 0.309 e. The molecule has 0 radical (unpaired) electrons. The molecule has 0 aliphatic rings. The van der Waals surface area contributed by atoms with Crippen molar-refractivity contribution in [3.05, 3.63) is 55.5 Å². The molecule has 18 heavy (non-hydrogen) atoms. The summed E-state index contributed by atoms with van der Waals surface area (Å²) in [4.78, 5) is 23.1. The van der Waals surface area contributed by atoms with Crippen LogP contribution in [0.5, 0.6) is 0 Å². The zero-order valence-corrected chi connectivity index (χ0v) is 12.3. The molecule has 0 aliphatic heterocycles. The van der Waals surface area contributed by atoms with Crippen molar-refractivity contribution < 1.29 is 0 Å². The van der Waals surface area contributed by atoms with E-state index in [9.17, 15) is 4.79 Å². The van der Waals surface area contributed by atoms with Gasteiger partial charge in [-0.15, -0.1) is 0 Å². The number of halogens is 1. The minimum Gasteiger partial charge on any atom is -0.309 e. The minimum absolute atomic E-state index is 0.0434. The number of hydrogen-bond donors (Lipinski definition) is 1. The van der Waals surface area contributed by atoms with Crippen LogP contribution >= 0.6 is 22.6 Å². The second kappa shape index (κ2) is 6.08. The van der Waals surface area contributed by atoms with Crippen molar-refractivity contribution in [1.29, 1.82) is 0 Å². The number of aromatic nitrogens is 3. The minimum atomic E-state index is -0.0434. The number of aryl methyl sites for hydroxylation is 1. The van der Waals surface area contributed by atoms with Crippen LogP contribution in [0, 0.1) is 3.57 Å². The van der Waals surface area contributed by atoms with E-state index in [1.54, 1.807) is 12.4 Å². The molecule has 0 amide bonds. The van der Waals surface area contributed by atoms with E-state index in [0.717, 1.165) is 29.9 Å². The van der Waals surface area contributed by atoms with Crippen molar-refractivity contribution in [2.24, 2.45) is 0 Å². The van der Waals surface area contributed by atoms with E-state index in [0.29, 0.717) is 9.99 Å². The fraction of sp³-hybridized carbons (Fsp3) is 0.308. The molecule has 4 nitrogen and oxygen atoms in total. The quantitative estimate of drug-likeness (QED) is 0.857. The lowest BCUT2D eigenvalue weighted by Gasteiger charge is -2.05. The third kappa shape index (κ3) is 3.16. The lowest BCUT2D eigenvalue weighted by molar-refractivity contribution is 0.821. The van der Waals surface area contributed by atoms with E-state index in [-0.39, 0.29) is 5.56 Å². The Labute approximate surface area is 119 Å². The number of H-pyrrole nitrogens is 1. The Hall–Kier alpha value is -1.24. The van der Waals surface area contributed by atoms with Gasteiger partial charge in [-0.3, -0.25) is 9.78 Å². The first-order valence-electron chi connectivity index (χ1n) is 5.87. The van der Waals surface area contributed by atoms with Gasteiger partial charge < -0.3 is 4.98 Å². The van der Waals surface area contributed by atoms with Crippen LogP contribution in [0.25, 0.3) is 0 Å². The van der Waals surface area contributed by atoms with Gasteiger partial charge in [-0.05, 0) is 46.7 Å². The number of nitrogens with zero attached hydrogens (tertiary/aromatic N) is 2. The van der Waals surface area contributed by atoms with Crippen LogP contribution in [0.4, 0.5) is 0 Å². The molecule has 0 aliphatic carbocycles. The highest BCUT2D eigenvalue weighted by molar-refractivity contribution is 14.1. The molecule has 0 aromatic carbocycles. The topological polar surface area (TPSA) is 58.6 Å². The molecule has 2 aromatic heterocycles. The van der Waals surface area contributed by atoms with Crippen molar-refractivity contribution in [3.63, 3.8) is 0 Å². The van der Waals surface area contributed by atoms with Gasteiger partial charge in [0, 0.05) is 18.8 Å². The van der Waals surface area contributed by atoms with E-state index >= 15 is 0 Å². The van der Waals surface area contributed by atoms with Gasteiger partial charge in [0.05, 0.1) is 9.26 Å². The molecule has 0 saturated heterocycles. The van der Waals surface area contributed by atoms with Gasteiger partial charge in [-0.1, -0.05) is 13.3 Å². The van der Waals surface area contributed by atoms with Crippen molar-refractivity contribution in [2.45, 2.75) is 26.2 Å². The fourth-order valence-electron chi connectivity index (χ4n) is 1.74. The van der Waals surface area contributed by atoms with Gasteiger partial charge in [0.2, 0.25) is 0 Å². The second-order valence-corrected chi connectivity index (χ2v) is 5.13. The van der Waals surface area contributed by atoms with Gasteiger partial charge in [-0.25, -0.2) is 4.98 Å². The highest BCUT2D eigenvalue weighted by Gasteiger charge is 2.08. The lowest BCUT2D eigenvalue weighted by atomic mass is 10.2. The SMILES string of the molecule is CCCc1nc(Cc2ccncc2)[nH]c(=O)c1I. The van der Waals surface area contributed by atoms with Crippen LogP contribution in [0.2, 0.25) is 0 Å². The van der Waals surface area contributed by atoms with Crippen molar-refractivity contribution in [3.8, 4) is 0 Å². The summed E-state index contributed by atoms with van der Waals surface area (Å²) in [6.45, 7) is 2.08. The number of nitrogens with one attached hydrogen (secondary N) is 1. The zero-order chi connectivity index (χ0) is 13.0. The van der Waals surface area contributed by atoms with E-state index < -0.39 is 0 Å². The Bertz CT molecular complexity index is 581. The third-order valence-corrected chi connectivity index (χ3v) is 3.70. The van der Waals surface area contributed by atoms with Gasteiger partial charge in [0.1, 0.15) is 5.82 Å². The van der Waals surface area contributed by atoms with E-state index in [1.165, 1.54) is 0 Å². The molecule has 0 saturated carbocycles. The van der Waals surface area contributed by atoms with E-state index in [2.05, 4.69) is 44.5 Å². The molecule has 5 heteroatoms. The van der Waals surface area contributed by atoms with Crippen LogP contribution in [-0.2, 0) is 12.8 Å². The molecular formula is C13H14IN3O. The highest BCUT2D eigenvalue weighted by atomic mass is 127. The Balaban J connectivity index is 2.32. The number of hydrogen-bond acceptors (Lipinski definition) is 3. The number of pyridine rings is 1. The molecule has 2 rings (SSSR count). The van der Waals surface area contributed by atoms with E-state index in [1.807, 2.05) is 12.1 Å². The molecular weight excluding hydrogens is 341 g/mol. The first-order valence-corrected chi connectivity index (χ1v) is 6.95. The molecule has 0 fully saturated rings. The molecule has 1 N–H and O–H groups in total. The predicted octanol–water partition coefficient (Wildman–Crippen LogP) is 2.31. The predicted molar refractivity (Wildman–Crippen MR) is 78.6 cm³/mol. The maximum absolute atomic E-state index is 11.8. The Kier molecular flexibility index (Phi) is 4.46. The van der Waals surface area contributed by atoms with Crippen molar-refractivity contribution in [2.75, 3.05) is 0 Å². The third-order valence-electron chi connectivity index (χ3n) is 2.59. The smallest absolute Gasteiger partial charge is 0.264 e. The molecule has 0 atom stereocenters. The van der Waals surface area contributed by atoms with Gasteiger partial charge in [-0.2, -0.15) is 0 Å². The van der Waals surface area contributed by atoms with Gasteiger partial charge >= 0.3 is 0 Å². The maximum atomic E-state index is 11.8. The summed E-state index contributed by atoms with van der Waals surface area (Å²) in [6, 6.07) is 3.86. The normalized spacial score (nSPS) is 10.6. The maximum Gasteiger partial charge on any atom is 0.264 e. The summed E-state index contributed by atoms with van der Waals surface area (Å²) >= 11 is 2.06. The molecule has 0 unspecified atom stereocenters. The Morgan fingerprint density at radius 1 is 1.33 bits per heavy atom. The molecule has 2 heterocycles. The summed E-state index contributed by atoms with van der Waals surface area (Å²) in [5, 5.41) is 0. The second-order valence-electron chi connectivity index (χ2n) is 4.06. The van der Waals surface area contributed by atoms with Crippen LogP contribution in [0.15, 0.2) is 29.3 Å². The summed E-state index contributed by atoms with van der Waals surface area (Å²) in [7, 11) is 0. The number of rotatable bonds is 4. The summed E-state index contributed by atoms with van der Waals surface area (Å²) in [5.41, 5.74) is 1.95. The van der Waals surface area contributed by atoms with Gasteiger partial charge in [0.15, 0.2) is 0 Å². The van der Waals surface area contributed by atoms with Crippen molar-refractivity contribution in [1.82, 2.24) is 15.0 Å². The average Bonchev–Trinajstić information content (AvgIpc) is 2.37. The van der Waals surface area contributed by atoms with Crippen LogP contribution < -0.4 is 5.56 Å². The lowest BCUT2D eigenvalue weighted by Crippen LogP contribution is -2.18. The van der Waals surface area contributed by atoms with Crippen LogP contribution in [0.1, 0.15) is 30.4 Å². The number of aromatic amines is 1. The molecule has 94 valence electrons. The summed E-state index contributed by atoms with van der Waals surface area (Å²) in [5.74, 6) is 0.718. The Morgan fingerprint density at radius 3 is 2.72 bits per heavy atom.